The number of hydrogen-bond acceptors (Lipinski definition) is 6. The Labute approximate surface area is 204 Å². The molecule has 0 aliphatic carbocycles. The summed E-state index contributed by atoms with van der Waals surface area (Å²) in [5, 5.41) is 5.69. The minimum Gasteiger partial charge on any atom is -0.492 e. The summed E-state index contributed by atoms with van der Waals surface area (Å²) in [6.07, 6.45) is 7.65. The first kappa shape index (κ1) is 21.7. The van der Waals surface area contributed by atoms with Crippen LogP contribution in [0.15, 0.2) is 79.4 Å². The third kappa shape index (κ3) is 4.48. The lowest BCUT2D eigenvalue weighted by molar-refractivity contribution is 0.134. The normalized spacial score (nSPS) is 15.1. The second-order valence-electron chi connectivity index (χ2n) is 9.06. The van der Waals surface area contributed by atoms with Gasteiger partial charge in [0.2, 0.25) is 0 Å². The van der Waals surface area contributed by atoms with Crippen LogP contribution in [0.1, 0.15) is 0 Å². The van der Waals surface area contributed by atoms with Gasteiger partial charge >= 0.3 is 0 Å². The van der Waals surface area contributed by atoms with Gasteiger partial charge in [0.25, 0.3) is 0 Å². The zero-order valence-corrected chi connectivity index (χ0v) is 19.8. The highest BCUT2D eigenvalue weighted by Gasteiger charge is 2.14. The summed E-state index contributed by atoms with van der Waals surface area (Å²) >= 11 is 0. The van der Waals surface area contributed by atoms with Crippen molar-refractivity contribution in [3.63, 3.8) is 0 Å². The van der Waals surface area contributed by atoms with E-state index in [4.69, 9.17) is 9.72 Å². The van der Waals surface area contributed by atoms with Crippen LogP contribution in [-0.2, 0) is 0 Å². The number of ether oxygens (including phenoxy) is 1. The first-order chi connectivity index (χ1) is 17.2. The van der Waals surface area contributed by atoms with Gasteiger partial charge in [-0.1, -0.05) is 30.3 Å². The van der Waals surface area contributed by atoms with E-state index in [0.29, 0.717) is 6.61 Å². The summed E-state index contributed by atoms with van der Waals surface area (Å²) in [6, 6.07) is 18.4. The molecule has 0 amide bonds. The maximum absolute atomic E-state index is 5.99. The largest absolute Gasteiger partial charge is 0.492 e. The lowest BCUT2D eigenvalue weighted by Crippen LogP contribution is -2.45. The SMILES string of the molecule is CN1CCN(CCOc2ccc(-c3cnc4c(-c5ccnc6ccccc56)cnn4c3)cc2)CC1. The van der Waals surface area contributed by atoms with Gasteiger partial charge in [-0.25, -0.2) is 9.50 Å². The van der Waals surface area contributed by atoms with Crippen LogP contribution in [0, 0.1) is 0 Å². The molecule has 0 N–H and O–H groups in total. The monoisotopic (exact) mass is 464 g/mol. The number of nitrogens with zero attached hydrogens (tertiary/aromatic N) is 6. The van der Waals surface area contributed by atoms with Crippen molar-refractivity contribution in [1.82, 2.24) is 29.4 Å². The Hall–Kier alpha value is -3.81. The molecule has 0 bridgehead atoms. The fraction of sp³-hybridized carbons (Fsp3) is 0.250. The Kier molecular flexibility index (Phi) is 5.86. The van der Waals surface area contributed by atoms with Gasteiger partial charge < -0.3 is 9.64 Å². The molecule has 6 rings (SSSR count). The molecule has 1 aliphatic rings. The second kappa shape index (κ2) is 9.44. The Morgan fingerprint density at radius 3 is 2.51 bits per heavy atom. The molecule has 1 fully saturated rings. The summed E-state index contributed by atoms with van der Waals surface area (Å²) in [6.45, 7) is 6.15. The third-order valence-electron chi connectivity index (χ3n) is 6.76. The number of rotatable bonds is 6. The molecule has 1 saturated heterocycles. The van der Waals surface area contributed by atoms with E-state index in [0.717, 1.165) is 77.3 Å². The zero-order valence-electron chi connectivity index (χ0n) is 19.8. The number of para-hydroxylation sites is 1. The van der Waals surface area contributed by atoms with Crippen LogP contribution in [-0.4, -0.2) is 75.8 Å². The molecule has 2 aromatic carbocycles. The summed E-state index contributed by atoms with van der Waals surface area (Å²) in [4.78, 5) is 14.1. The van der Waals surface area contributed by atoms with Crippen molar-refractivity contribution in [2.45, 2.75) is 0 Å². The van der Waals surface area contributed by atoms with E-state index in [1.54, 1.807) is 0 Å². The van der Waals surface area contributed by atoms with E-state index in [9.17, 15) is 0 Å². The number of hydrogen-bond donors (Lipinski definition) is 0. The number of fused-ring (bicyclic) bond motifs is 2. The zero-order chi connectivity index (χ0) is 23.6. The van der Waals surface area contributed by atoms with Crippen LogP contribution in [0.3, 0.4) is 0 Å². The average molecular weight is 465 g/mol. The van der Waals surface area contributed by atoms with E-state index in [-0.39, 0.29) is 0 Å². The Morgan fingerprint density at radius 1 is 0.829 bits per heavy atom. The Balaban J connectivity index is 1.17. The molecule has 1 aliphatic heterocycles. The highest BCUT2D eigenvalue weighted by molar-refractivity contribution is 5.97. The van der Waals surface area contributed by atoms with Gasteiger partial charge in [-0.3, -0.25) is 9.88 Å². The highest BCUT2D eigenvalue weighted by Crippen LogP contribution is 2.30. The van der Waals surface area contributed by atoms with Gasteiger partial charge in [0.1, 0.15) is 12.4 Å². The molecule has 0 radical (unpaired) electrons. The van der Waals surface area contributed by atoms with Crippen LogP contribution >= 0.6 is 0 Å². The highest BCUT2D eigenvalue weighted by atomic mass is 16.5. The smallest absolute Gasteiger partial charge is 0.162 e. The molecule has 176 valence electrons. The minimum atomic E-state index is 0.705. The van der Waals surface area contributed by atoms with Crippen molar-refractivity contribution >= 4 is 16.6 Å². The van der Waals surface area contributed by atoms with Gasteiger partial charge in [-0.15, -0.1) is 0 Å². The van der Waals surface area contributed by atoms with Gasteiger partial charge in [0.15, 0.2) is 5.65 Å². The number of likely N-dealkylation sites (N-methyl/N-ethyl adjacent to an activating group) is 1. The van der Waals surface area contributed by atoms with Crippen molar-refractivity contribution in [3.8, 4) is 28.0 Å². The molecular formula is C28H28N6O. The second-order valence-corrected chi connectivity index (χ2v) is 9.06. The molecule has 5 aromatic rings. The molecule has 7 heteroatoms. The summed E-state index contributed by atoms with van der Waals surface area (Å²) in [7, 11) is 2.18. The first-order valence-corrected chi connectivity index (χ1v) is 12.1. The fourth-order valence-corrected chi connectivity index (χ4v) is 4.65. The summed E-state index contributed by atoms with van der Waals surface area (Å²) in [5.74, 6) is 0.892. The lowest BCUT2D eigenvalue weighted by atomic mass is 10.0. The topological polar surface area (TPSA) is 58.8 Å². The molecule has 0 spiro atoms. The molecule has 0 saturated carbocycles. The van der Waals surface area contributed by atoms with Crippen LogP contribution in [0.25, 0.3) is 38.8 Å². The predicted molar refractivity (Wildman–Crippen MR) is 139 cm³/mol. The van der Waals surface area contributed by atoms with Gasteiger partial charge in [-0.05, 0) is 42.4 Å². The Bertz CT molecular complexity index is 1450. The number of benzene rings is 2. The van der Waals surface area contributed by atoms with E-state index >= 15 is 0 Å². The van der Waals surface area contributed by atoms with Crippen molar-refractivity contribution in [2.24, 2.45) is 0 Å². The van der Waals surface area contributed by atoms with Crippen LogP contribution in [0.5, 0.6) is 5.75 Å². The quantitative estimate of drug-likeness (QED) is 0.375. The van der Waals surface area contributed by atoms with Gasteiger partial charge in [-0.2, -0.15) is 5.10 Å². The standard InChI is InChI=1S/C28H28N6O/c1-32-12-14-33(15-13-32)16-17-35-23-8-6-21(7-9-23)22-18-30-28-26(19-31-34(28)20-22)24-10-11-29-27-5-3-2-4-25(24)27/h2-11,18-20H,12-17H2,1H3. The maximum atomic E-state index is 5.99. The minimum absolute atomic E-state index is 0.705. The Morgan fingerprint density at radius 2 is 1.66 bits per heavy atom. The van der Waals surface area contributed by atoms with E-state index in [1.807, 2.05) is 65.7 Å². The molecular weight excluding hydrogens is 436 g/mol. The van der Waals surface area contributed by atoms with Crippen LogP contribution in [0.2, 0.25) is 0 Å². The van der Waals surface area contributed by atoms with Gasteiger partial charge in [0.05, 0.1) is 11.7 Å². The van der Waals surface area contributed by atoms with Gasteiger partial charge in [0, 0.05) is 67.8 Å². The van der Waals surface area contributed by atoms with E-state index in [1.165, 1.54) is 0 Å². The van der Waals surface area contributed by atoms with E-state index in [2.05, 4.69) is 45.1 Å². The number of aromatic nitrogens is 4. The molecule has 0 atom stereocenters. The summed E-state index contributed by atoms with van der Waals surface area (Å²) < 4.78 is 7.84. The molecule has 3 aromatic heterocycles. The number of pyridine rings is 1. The molecule has 35 heavy (non-hydrogen) atoms. The van der Waals surface area contributed by atoms with Crippen molar-refractivity contribution < 1.29 is 4.74 Å². The van der Waals surface area contributed by atoms with Crippen LogP contribution in [0.4, 0.5) is 0 Å². The third-order valence-corrected chi connectivity index (χ3v) is 6.76. The molecule has 0 unspecified atom stereocenters. The van der Waals surface area contributed by atoms with Crippen molar-refractivity contribution in [1.29, 1.82) is 0 Å². The predicted octanol–water partition coefficient (Wildman–Crippen LogP) is 4.24. The van der Waals surface area contributed by atoms with Crippen LogP contribution < -0.4 is 4.74 Å². The molecule has 7 nitrogen and oxygen atoms in total. The maximum Gasteiger partial charge on any atom is 0.162 e. The summed E-state index contributed by atoms with van der Waals surface area (Å²) in [5.41, 5.74) is 5.97. The fourth-order valence-electron chi connectivity index (χ4n) is 4.65. The molecule has 4 heterocycles. The van der Waals surface area contributed by atoms with Crippen molar-refractivity contribution in [3.05, 3.63) is 79.4 Å². The first-order valence-electron chi connectivity index (χ1n) is 12.1. The van der Waals surface area contributed by atoms with E-state index < -0.39 is 0 Å². The van der Waals surface area contributed by atoms with Crippen molar-refractivity contribution in [2.75, 3.05) is 46.4 Å². The number of piperazine rings is 1. The average Bonchev–Trinajstić information content (AvgIpc) is 3.33. The lowest BCUT2D eigenvalue weighted by Gasteiger charge is -2.32.